The molecule has 1 aliphatic heterocycles. The number of carbonyl (C=O) groups is 2. The molecule has 1 heterocycles. The molecule has 0 amide bonds. The number of benzene rings is 2. The second-order valence-corrected chi connectivity index (χ2v) is 11.6. The predicted molar refractivity (Wildman–Crippen MR) is 154 cm³/mol. The van der Waals surface area contributed by atoms with Crippen LogP contribution in [0.1, 0.15) is 74.8 Å². The highest BCUT2D eigenvalue weighted by atomic mass is 32.2. The number of ketones is 1. The molecule has 0 N–H and O–H groups in total. The van der Waals surface area contributed by atoms with E-state index in [4.69, 9.17) is 19.2 Å². The van der Waals surface area contributed by atoms with Crippen LogP contribution in [0.4, 0.5) is 0 Å². The minimum absolute atomic E-state index is 0.0298. The zero-order chi connectivity index (χ0) is 27.5. The summed E-state index contributed by atoms with van der Waals surface area (Å²) in [6, 6.07) is 14.0. The summed E-state index contributed by atoms with van der Waals surface area (Å²) in [5, 5.41) is 0. The first kappa shape index (κ1) is 27.5. The summed E-state index contributed by atoms with van der Waals surface area (Å²) in [6.07, 6.45) is 8.13. The first-order chi connectivity index (χ1) is 18.9. The number of aliphatic imine (C=N–C) groups is 1. The molecule has 0 bridgehead atoms. The third-order valence-corrected chi connectivity index (χ3v) is 9.08. The number of nitrogens with zero attached hydrogens (tertiary/aromatic N) is 1. The number of allylic oxidation sites excluding steroid dienone is 2. The van der Waals surface area contributed by atoms with Crippen LogP contribution in [0.2, 0.25) is 0 Å². The van der Waals surface area contributed by atoms with Crippen LogP contribution < -0.4 is 9.47 Å². The van der Waals surface area contributed by atoms with Crippen LogP contribution in [0.5, 0.6) is 11.5 Å². The number of methoxy groups -OCH3 is 2. The predicted octanol–water partition coefficient (Wildman–Crippen LogP) is 6.88. The molecule has 5 rings (SSSR count). The maximum atomic E-state index is 13.9. The van der Waals surface area contributed by atoms with E-state index in [0.717, 1.165) is 47.4 Å². The van der Waals surface area contributed by atoms with E-state index < -0.39 is 11.8 Å². The molecule has 206 valence electrons. The van der Waals surface area contributed by atoms with Gasteiger partial charge in [-0.05, 0) is 86.6 Å². The van der Waals surface area contributed by atoms with Gasteiger partial charge < -0.3 is 14.2 Å². The fraction of sp³-hybridized carbons (Fsp3) is 0.469. The van der Waals surface area contributed by atoms with Gasteiger partial charge in [0.05, 0.1) is 14.2 Å². The molecule has 39 heavy (non-hydrogen) atoms. The van der Waals surface area contributed by atoms with Crippen molar-refractivity contribution in [2.75, 3.05) is 20.5 Å². The summed E-state index contributed by atoms with van der Waals surface area (Å²) in [6.45, 7) is 1.91. The third-order valence-electron chi connectivity index (χ3n) is 8.33. The summed E-state index contributed by atoms with van der Waals surface area (Å²) in [7, 11) is 3.22. The van der Waals surface area contributed by atoms with Gasteiger partial charge in [-0.1, -0.05) is 24.6 Å². The van der Waals surface area contributed by atoms with Crippen molar-refractivity contribution in [3.05, 3.63) is 64.9 Å². The van der Waals surface area contributed by atoms with E-state index in [2.05, 4.69) is 12.1 Å². The first-order valence-electron chi connectivity index (χ1n) is 13.8. The molecule has 2 aliphatic carbocycles. The van der Waals surface area contributed by atoms with Crippen molar-refractivity contribution >= 4 is 29.2 Å². The Labute approximate surface area is 235 Å². The molecule has 2 aromatic carbocycles. The lowest BCUT2D eigenvalue weighted by molar-refractivity contribution is -0.153. The van der Waals surface area contributed by atoms with Crippen LogP contribution in [-0.2, 0) is 14.3 Å². The number of carbonyl (C=O) groups excluding carboxylic acids is 2. The fourth-order valence-electron chi connectivity index (χ4n) is 6.30. The summed E-state index contributed by atoms with van der Waals surface area (Å²) >= 11 is 1.67. The smallest absolute Gasteiger partial charge is 0.315 e. The van der Waals surface area contributed by atoms with Crippen molar-refractivity contribution in [2.24, 2.45) is 10.9 Å². The largest absolute Gasteiger partial charge is 0.493 e. The van der Waals surface area contributed by atoms with E-state index in [-0.39, 0.29) is 23.8 Å². The number of ether oxygens (including phenoxy) is 3. The first-order valence-corrected chi connectivity index (χ1v) is 15.0. The van der Waals surface area contributed by atoms with Gasteiger partial charge in [0.15, 0.2) is 17.3 Å². The Kier molecular flexibility index (Phi) is 8.46. The Morgan fingerprint density at radius 3 is 2.28 bits per heavy atom. The van der Waals surface area contributed by atoms with Crippen molar-refractivity contribution in [3.63, 3.8) is 0 Å². The minimum atomic E-state index is -0.604. The highest BCUT2D eigenvalue weighted by molar-refractivity contribution is 7.98. The minimum Gasteiger partial charge on any atom is -0.493 e. The maximum absolute atomic E-state index is 13.9. The normalized spacial score (nSPS) is 23.6. The number of hydrogen-bond donors (Lipinski definition) is 0. The molecular formula is C32H37NO5S. The van der Waals surface area contributed by atoms with Gasteiger partial charge in [0.1, 0.15) is 12.0 Å². The molecule has 7 heteroatoms. The molecule has 0 radical (unpaired) electrons. The number of esters is 1. The molecule has 6 nitrogen and oxygen atoms in total. The third kappa shape index (κ3) is 5.65. The Morgan fingerprint density at radius 1 is 0.923 bits per heavy atom. The Balaban J connectivity index is 1.51. The van der Waals surface area contributed by atoms with Gasteiger partial charge in [-0.2, -0.15) is 0 Å². The molecule has 3 atom stereocenters. The Hall–Kier alpha value is -3.06. The average molecular weight is 548 g/mol. The molecule has 1 fully saturated rings. The van der Waals surface area contributed by atoms with E-state index in [1.54, 1.807) is 26.0 Å². The molecular weight excluding hydrogens is 510 g/mol. The second kappa shape index (κ2) is 12.0. The molecule has 0 saturated heterocycles. The number of thioether (sulfide) groups is 1. The van der Waals surface area contributed by atoms with Gasteiger partial charge in [0.25, 0.3) is 0 Å². The quantitative estimate of drug-likeness (QED) is 0.278. The monoisotopic (exact) mass is 547 g/mol. The Morgan fingerprint density at radius 2 is 1.62 bits per heavy atom. The zero-order valence-electron chi connectivity index (χ0n) is 23.2. The van der Waals surface area contributed by atoms with Crippen molar-refractivity contribution in [2.45, 2.75) is 74.7 Å². The Bertz CT molecular complexity index is 1290. The van der Waals surface area contributed by atoms with E-state index in [1.165, 1.54) is 6.42 Å². The zero-order valence-corrected chi connectivity index (χ0v) is 24.0. The molecule has 1 unspecified atom stereocenters. The summed E-state index contributed by atoms with van der Waals surface area (Å²) in [5.41, 5.74) is 4.14. The average Bonchev–Trinajstić information content (AvgIpc) is 2.96. The number of hydrogen-bond acceptors (Lipinski definition) is 7. The van der Waals surface area contributed by atoms with Crippen molar-refractivity contribution in [1.29, 1.82) is 0 Å². The van der Waals surface area contributed by atoms with Gasteiger partial charge >= 0.3 is 5.97 Å². The van der Waals surface area contributed by atoms with Crippen LogP contribution in [0, 0.1) is 5.92 Å². The van der Waals surface area contributed by atoms with Crippen LogP contribution >= 0.6 is 11.8 Å². The van der Waals surface area contributed by atoms with E-state index >= 15 is 0 Å². The molecule has 1 saturated carbocycles. The van der Waals surface area contributed by atoms with Gasteiger partial charge in [0.2, 0.25) is 0 Å². The SMILES string of the molecule is COc1ccc([C@@H]2CC(=O)C3=C(C2)N=C(C)C(C(=O)OC2CCCCC2)[C@H]3c2ccc(SC)cc2)cc1OC. The second-order valence-electron chi connectivity index (χ2n) is 10.7. The topological polar surface area (TPSA) is 74.2 Å². The van der Waals surface area contributed by atoms with Crippen LogP contribution in [-0.4, -0.2) is 44.0 Å². The van der Waals surface area contributed by atoms with Gasteiger partial charge in [-0.3, -0.25) is 14.6 Å². The van der Waals surface area contributed by atoms with Crippen molar-refractivity contribution in [1.82, 2.24) is 0 Å². The van der Waals surface area contributed by atoms with Gasteiger partial charge in [-0.25, -0.2) is 0 Å². The molecule has 0 spiro atoms. The van der Waals surface area contributed by atoms with Gasteiger partial charge in [0, 0.05) is 34.2 Å². The lowest BCUT2D eigenvalue weighted by Crippen LogP contribution is -2.39. The number of Topliss-reactive ketones (excluding diaryl/α,β-unsaturated/α-hetero) is 1. The van der Waals surface area contributed by atoms with Crippen molar-refractivity contribution in [3.8, 4) is 11.5 Å². The van der Waals surface area contributed by atoms with E-state index in [0.29, 0.717) is 35.6 Å². The summed E-state index contributed by atoms with van der Waals surface area (Å²) < 4.78 is 17.0. The van der Waals surface area contributed by atoms with Crippen LogP contribution in [0.25, 0.3) is 0 Å². The number of rotatable bonds is 7. The van der Waals surface area contributed by atoms with E-state index in [9.17, 15) is 9.59 Å². The van der Waals surface area contributed by atoms with E-state index in [1.807, 2.05) is 43.5 Å². The molecule has 2 aromatic rings. The molecule has 3 aliphatic rings. The van der Waals surface area contributed by atoms with Crippen LogP contribution in [0.3, 0.4) is 0 Å². The lowest BCUT2D eigenvalue weighted by Gasteiger charge is -2.37. The highest BCUT2D eigenvalue weighted by Gasteiger charge is 2.45. The van der Waals surface area contributed by atoms with Gasteiger partial charge in [-0.15, -0.1) is 11.8 Å². The van der Waals surface area contributed by atoms with Crippen molar-refractivity contribution < 1.29 is 23.8 Å². The maximum Gasteiger partial charge on any atom is 0.315 e. The highest BCUT2D eigenvalue weighted by Crippen LogP contribution is 2.48. The lowest BCUT2D eigenvalue weighted by atomic mass is 9.69. The fourth-order valence-corrected chi connectivity index (χ4v) is 6.71. The summed E-state index contributed by atoms with van der Waals surface area (Å²) in [4.78, 5) is 33.7. The molecule has 0 aromatic heterocycles. The summed E-state index contributed by atoms with van der Waals surface area (Å²) in [5.74, 6) is 0.0458. The van der Waals surface area contributed by atoms with Crippen LogP contribution in [0.15, 0.2) is 63.6 Å². The standard InChI is InChI=1S/C32H37NO5S/c1-19-29(32(35)38-23-8-6-5-7-9-23)30(20-10-13-24(39-4)14-11-20)31-25(33-19)16-22(17-26(31)34)21-12-15-27(36-2)28(18-21)37-3/h10-15,18,22-23,29-30H,5-9,16-17H2,1-4H3/t22-,29?,30+/m0/s1.